The molecule has 6 heteroatoms. The minimum Gasteiger partial charge on any atom is -0.497 e. The van der Waals surface area contributed by atoms with Crippen LogP contribution in [-0.4, -0.2) is 45.8 Å². The Bertz CT molecular complexity index is 790. The third-order valence-corrected chi connectivity index (χ3v) is 6.08. The second kappa shape index (κ2) is 10.4. The second-order valence-corrected chi connectivity index (χ2v) is 8.34. The van der Waals surface area contributed by atoms with Crippen LogP contribution in [0.4, 0.5) is 0 Å². The standard InChI is InChI=1S/C21H30N2O3S/c1-4-23(5-2)21(19-11-7-6-8-12-19)17-22-27(24,25)15-14-18-10-9-13-20(16-18)26-3/h6-13,16,21-22H,4-5,14-15,17H2,1-3H3. The highest BCUT2D eigenvalue weighted by Crippen LogP contribution is 2.20. The number of hydrogen-bond donors (Lipinski definition) is 1. The van der Waals surface area contributed by atoms with E-state index in [-0.39, 0.29) is 11.8 Å². The van der Waals surface area contributed by atoms with E-state index in [1.807, 2.05) is 54.6 Å². The van der Waals surface area contributed by atoms with Gasteiger partial charge in [-0.25, -0.2) is 13.1 Å². The summed E-state index contributed by atoms with van der Waals surface area (Å²) in [6.07, 6.45) is 0.452. The van der Waals surface area contributed by atoms with Crippen molar-refractivity contribution in [1.82, 2.24) is 9.62 Å². The van der Waals surface area contributed by atoms with Gasteiger partial charge in [0.1, 0.15) is 5.75 Å². The van der Waals surface area contributed by atoms with E-state index in [0.717, 1.165) is 30.0 Å². The first-order valence-electron chi connectivity index (χ1n) is 9.38. The first-order valence-corrected chi connectivity index (χ1v) is 11.0. The van der Waals surface area contributed by atoms with E-state index in [1.54, 1.807) is 7.11 Å². The van der Waals surface area contributed by atoms with Crippen molar-refractivity contribution >= 4 is 10.0 Å². The topological polar surface area (TPSA) is 58.6 Å². The summed E-state index contributed by atoms with van der Waals surface area (Å²) in [5, 5.41) is 0. The van der Waals surface area contributed by atoms with Gasteiger partial charge < -0.3 is 4.74 Å². The fourth-order valence-corrected chi connectivity index (χ4v) is 4.22. The van der Waals surface area contributed by atoms with Gasteiger partial charge in [0.2, 0.25) is 10.0 Å². The van der Waals surface area contributed by atoms with Crippen molar-refractivity contribution in [3.05, 3.63) is 65.7 Å². The lowest BCUT2D eigenvalue weighted by Crippen LogP contribution is -2.39. The van der Waals surface area contributed by atoms with E-state index in [0.29, 0.717) is 13.0 Å². The summed E-state index contributed by atoms with van der Waals surface area (Å²) in [4.78, 5) is 2.26. The van der Waals surface area contributed by atoms with Crippen molar-refractivity contribution in [3.63, 3.8) is 0 Å². The fourth-order valence-electron chi connectivity index (χ4n) is 3.16. The molecule has 1 N–H and O–H groups in total. The van der Waals surface area contributed by atoms with Gasteiger partial charge in [-0.1, -0.05) is 56.3 Å². The first-order chi connectivity index (χ1) is 13.0. The van der Waals surface area contributed by atoms with Crippen LogP contribution in [0.2, 0.25) is 0 Å². The van der Waals surface area contributed by atoms with Crippen molar-refractivity contribution in [2.45, 2.75) is 26.3 Å². The molecule has 1 atom stereocenters. The molecule has 0 saturated carbocycles. The van der Waals surface area contributed by atoms with Gasteiger partial charge in [0.15, 0.2) is 0 Å². The normalized spacial score (nSPS) is 12.9. The van der Waals surface area contributed by atoms with E-state index >= 15 is 0 Å². The number of hydrogen-bond acceptors (Lipinski definition) is 4. The number of methoxy groups -OCH3 is 1. The van der Waals surface area contributed by atoms with E-state index in [2.05, 4.69) is 23.5 Å². The molecule has 148 valence electrons. The van der Waals surface area contributed by atoms with Crippen LogP contribution >= 0.6 is 0 Å². The first kappa shape index (κ1) is 21.4. The SMILES string of the molecule is CCN(CC)C(CNS(=O)(=O)CCc1cccc(OC)c1)c1ccccc1. The lowest BCUT2D eigenvalue weighted by atomic mass is 10.1. The van der Waals surface area contributed by atoms with Crippen LogP contribution in [-0.2, 0) is 16.4 Å². The van der Waals surface area contributed by atoms with Gasteiger partial charge >= 0.3 is 0 Å². The number of nitrogens with zero attached hydrogens (tertiary/aromatic N) is 1. The van der Waals surface area contributed by atoms with E-state index in [4.69, 9.17) is 4.74 Å². The van der Waals surface area contributed by atoms with Gasteiger partial charge in [-0.3, -0.25) is 4.90 Å². The molecule has 2 aromatic rings. The molecule has 0 bridgehead atoms. The molecule has 0 radical (unpaired) electrons. The molecule has 0 aliphatic rings. The van der Waals surface area contributed by atoms with Crippen LogP contribution in [0, 0.1) is 0 Å². The molecule has 0 heterocycles. The van der Waals surface area contributed by atoms with Gasteiger partial charge in [0, 0.05) is 12.6 Å². The van der Waals surface area contributed by atoms with Gasteiger partial charge in [-0.15, -0.1) is 0 Å². The number of benzene rings is 2. The Balaban J connectivity index is 2.01. The molecule has 0 spiro atoms. The monoisotopic (exact) mass is 390 g/mol. The quantitative estimate of drug-likeness (QED) is 0.640. The summed E-state index contributed by atoms with van der Waals surface area (Å²) >= 11 is 0. The average molecular weight is 391 g/mol. The maximum atomic E-state index is 12.5. The van der Waals surface area contributed by atoms with Crippen LogP contribution < -0.4 is 9.46 Å². The maximum absolute atomic E-state index is 12.5. The van der Waals surface area contributed by atoms with Crippen molar-refractivity contribution < 1.29 is 13.2 Å². The number of likely N-dealkylation sites (N-methyl/N-ethyl adjacent to an activating group) is 1. The zero-order valence-corrected chi connectivity index (χ0v) is 17.2. The largest absolute Gasteiger partial charge is 0.497 e. The highest BCUT2D eigenvalue weighted by Gasteiger charge is 2.20. The third-order valence-electron chi connectivity index (χ3n) is 4.73. The van der Waals surface area contributed by atoms with E-state index in [1.165, 1.54) is 0 Å². The van der Waals surface area contributed by atoms with Crippen molar-refractivity contribution in [2.24, 2.45) is 0 Å². The molecular formula is C21H30N2O3S. The lowest BCUT2D eigenvalue weighted by Gasteiger charge is -2.30. The van der Waals surface area contributed by atoms with Gasteiger partial charge in [-0.05, 0) is 42.8 Å². The molecule has 1 unspecified atom stereocenters. The Labute approximate surface area is 163 Å². The Morgan fingerprint density at radius 3 is 2.37 bits per heavy atom. The average Bonchev–Trinajstić information content (AvgIpc) is 2.70. The number of nitrogens with one attached hydrogen (secondary N) is 1. The minimum absolute atomic E-state index is 0.0211. The van der Waals surface area contributed by atoms with Crippen LogP contribution in [0.3, 0.4) is 0 Å². The smallest absolute Gasteiger partial charge is 0.211 e. The summed E-state index contributed by atoms with van der Waals surface area (Å²) in [6, 6.07) is 17.6. The second-order valence-electron chi connectivity index (χ2n) is 6.42. The zero-order valence-electron chi connectivity index (χ0n) is 16.4. The molecule has 0 aliphatic heterocycles. The molecule has 5 nitrogen and oxygen atoms in total. The summed E-state index contributed by atoms with van der Waals surface area (Å²) in [5.74, 6) is 0.795. The minimum atomic E-state index is -3.37. The fraction of sp³-hybridized carbons (Fsp3) is 0.429. The predicted molar refractivity (Wildman–Crippen MR) is 111 cm³/mol. The lowest BCUT2D eigenvalue weighted by molar-refractivity contribution is 0.220. The summed E-state index contributed by atoms with van der Waals surface area (Å²) < 4.78 is 33.1. The Kier molecular flexibility index (Phi) is 8.28. The summed E-state index contributed by atoms with van der Waals surface area (Å²) in [7, 11) is -1.76. The van der Waals surface area contributed by atoms with E-state index < -0.39 is 10.0 Å². The van der Waals surface area contributed by atoms with Crippen molar-refractivity contribution in [1.29, 1.82) is 0 Å². The molecule has 27 heavy (non-hydrogen) atoms. The summed E-state index contributed by atoms with van der Waals surface area (Å²) in [6.45, 7) is 6.28. The highest BCUT2D eigenvalue weighted by molar-refractivity contribution is 7.89. The van der Waals surface area contributed by atoms with Gasteiger partial charge in [0.05, 0.1) is 12.9 Å². The Hall–Kier alpha value is -1.89. The number of sulfonamides is 1. The van der Waals surface area contributed by atoms with Crippen LogP contribution in [0.25, 0.3) is 0 Å². The molecule has 0 aromatic heterocycles. The van der Waals surface area contributed by atoms with Crippen LogP contribution in [0.15, 0.2) is 54.6 Å². The van der Waals surface area contributed by atoms with E-state index in [9.17, 15) is 8.42 Å². The van der Waals surface area contributed by atoms with Crippen molar-refractivity contribution in [2.75, 3.05) is 32.5 Å². The number of ether oxygens (including phenoxy) is 1. The van der Waals surface area contributed by atoms with Gasteiger partial charge in [0.25, 0.3) is 0 Å². The third kappa shape index (κ3) is 6.65. The molecule has 0 amide bonds. The summed E-state index contributed by atoms with van der Waals surface area (Å²) in [5.41, 5.74) is 2.07. The molecule has 0 saturated heterocycles. The molecule has 2 rings (SSSR count). The molecule has 0 fully saturated rings. The number of rotatable bonds is 11. The predicted octanol–water partition coefficient (Wildman–Crippen LogP) is 3.24. The Morgan fingerprint density at radius 2 is 1.74 bits per heavy atom. The molecule has 0 aliphatic carbocycles. The zero-order chi connectivity index (χ0) is 19.7. The van der Waals surface area contributed by atoms with Crippen molar-refractivity contribution in [3.8, 4) is 5.75 Å². The van der Waals surface area contributed by atoms with Crippen LogP contribution in [0.5, 0.6) is 5.75 Å². The van der Waals surface area contributed by atoms with Crippen LogP contribution in [0.1, 0.15) is 31.0 Å². The maximum Gasteiger partial charge on any atom is 0.211 e. The molecular weight excluding hydrogens is 360 g/mol. The number of aryl methyl sites for hydroxylation is 1. The van der Waals surface area contributed by atoms with Gasteiger partial charge in [-0.2, -0.15) is 0 Å². The highest BCUT2D eigenvalue weighted by atomic mass is 32.2. The Morgan fingerprint density at radius 1 is 1.04 bits per heavy atom. The molecule has 2 aromatic carbocycles.